The number of hydrogen-bond donors (Lipinski definition) is 3. The number of methoxy groups -OCH3 is 1. The van der Waals surface area contributed by atoms with E-state index in [9.17, 15) is 5.11 Å². The van der Waals surface area contributed by atoms with E-state index in [0.29, 0.717) is 11.6 Å². The molecule has 2 heterocycles. The van der Waals surface area contributed by atoms with Crippen LogP contribution in [0.2, 0.25) is 0 Å². The smallest absolute Gasteiger partial charge is 0.227 e. The van der Waals surface area contributed by atoms with Crippen LogP contribution in [0.15, 0.2) is 24.4 Å². The van der Waals surface area contributed by atoms with Crippen molar-refractivity contribution in [3.63, 3.8) is 0 Å². The predicted octanol–water partition coefficient (Wildman–Crippen LogP) is 2.08. The highest BCUT2D eigenvalue weighted by molar-refractivity contribution is 5.68. The van der Waals surface area contributed by atoms with E-state index in [1.54, 1.807) is 13.3 Å². The molecule has 0 spiro atoms. The summed E-state index contributed by atoms with van der Waals surface area (Å²) in [6.45, 7) is 3.53. The van der Waals surface area contributed by atoms with Gasteiger partial charge >= 0.3 is 0 Å². The second-order valence-corrected chi connectivity index (χ2v) is 5.96. The highest BCUT2D eigenvalue weighted by Gasteiger charge is 2.18. The van der Waals surface area contributed by atoms with E-state index in [4.69, 9.17) is 10.5 Å². The lowest BCUT2D eigenvalue weighted by Gasteiger charge is -2.31. The Bertz CT molecular complexity index is 714. The maximum atomic E-state index is 9.64. The molecule has 3 rings (SSSR count). The van der Waals surface area contributed by atoms with E-state index < -0.39 is 0 Å². The Morgan fingerprint density at radius 1 is 1.33 bits per heavy atom. The van der Waals surface area contributed by atoms with Crippen LogP contribution in [0, 0.1) is 6.92 Å². The van der Waals surface area contributed by atoms with E-state index in [0.717, 1.165) is 48.7 Å². The number of aliphatic hydroxyl groups excluding tert-OH is 1. The van der Waals surface area contributed by atoms with Crippen LogP contribution in [0.3, 0.4) is 0 Å². The second kappa shape index (κ2) is 6.92. The topological polar surface area (TPSA) is 96.5 Å². The molecule has 0 amide bonds. The number of hydrogen-bond acceptors (Lipinski definition) is 7. The van der Waals surface area contributed by atoms with Gasteiger partial charge in [0, 0.05) is 24.8 Å². The maximum Gasteiger partial charge on any atom is 0.227 e. The number of aromatic nitrogens is 2. The van der Waals surface area contributed by atoms with E-state index in [1.807, 2.05) is 25.1 Å². The van der Waals surface area contributed by atoms with Crippen LogP contribution in [0.1, 0.15) is 18.5 Å². The van der Waals surface area contributed by atoms with Crippen molar-refractivity contribution in [1.82, 2.24) is 9.97 Å². The number of rotatable bonds is 4. The molecular formula is C17H23N5O2. The molecule has 0 aliphatic carbocycles. The molecule has 1 aliphatic heterocycles. The third-order valence-corrected chi connectivity index (χ3v) is 4.28. The molecule has 1 fully saturated rings. The summed E-state index contributed by atoms with van der Waals surface area (Å²) in [4.78, 5) is 10.8. The fourth-order valence-electron chi connectivity index (χ4n) is 2.76. The van der Waals surface area contributed by atoms with Crippen LogP contribution >= 0.6 is 0 Å². The molecule has 0 saturated carbocycles. The molecule has 0 bridgehead atoms. The van der Waals surface area contributed by atoms with Gasteiger partial charge in [-0.3, -0.25) is 0 Å². The normalized spacial score (nSPS) is 15.4. The molecule has 1 aliphatic rings. The quantitative estimate of drug-likeness (QED) is 0.790. The minimum atomic E-state index is -0.185. The lowest BCUT2D eigenvalue weighted by molar-refractivity contribution is 0.145. The number of ether oxygens (including phenoxy) is 1. The monoisotopic (exact) mass is 329 g/mol. The van der Waals surface area contributed by atoms with Crippen molar-refractivity contribution in [1.29, 1.82) is 0 Å². The highest BCUT2D eigenvalue weighted by Crippen LogP contribution is 2.32. The Hall–Kier alpha value is -2.54. The first-order valence-electron chi connectivity index (χ1n) is 8.04. The van der Waals surface area contributed by atoms with Crippen molar-refractivity contribution in [2.24, 2.45) is 0 Å². The van der Waals surface area contributed by atoms with Gasteiger partial charge in [-0.1, -0.05) is 0 Å². The van der Waals surface area contributed by atoms with Crippen LogP contribution in [0.25, 0.3) is 0 Å². The highest BCUT2D eigenvalue weighted by atomic mass is 16.5. The van der Waals surface area contributed by atoms with Gasteiger partial charge in [-0.15, -0.1) is 0 Å². The lowest BCUT2D eigenvalue weighted by Crippen LogP contribution is -2.35. The zero-order valence-corrected chi connectivity index (χ0v) is 14.0. The minimum absolute atomic E-state index is 0.185. The van der Waals surface area contributed by atoms with Crippen molar-refractivity contribution < 1.29 is 9.84 Å². The molecular weight excluding hydrogens is 306 g/mol. The summed E-state index contributed by atoms with van der Waals surface area (Å²) in [7, 11) is 1.64. The number of benzene rings is 1. The van der Waals surface area contributed by atoms with Crippen molar-refractivity contribution >= 4 is 23.0 Å². The van der Waals surface area contributed by atoms with Crippen molar-refractivity contribution in [3.05, 3.63) is 30.1 Å². The van der Waals surface area contributed by atoms with Crippen molar-refractivity contribution in [2.75, 3.05) is 36.1 Å². The lowest BCUT2D eigenvalue weighted by atomic mass is 10.1. The van der Waals surface area contributed by atoms with Gasteiger partial charge in [0.15, 0.2) is 0 Å². The number of nitrogens with zero attached hydrogens (tertiary/aromatic N) is 3. The Morgan fingerprint density at radius 3 is 2.75 bits per heavy atom. The molecule has 24 heavy (non-hydrogen) atoms. The molecule has 1 aromatic heterocycles. The van der Waals surface area contributed by atoms with Gasteiger partial charge in [0.05, 0.1) is 36.5 Å². The first-order valence-corrected chi connectivity index (χ1v) is 8.04. The fourth-order valence-corrected chi connectivity index (χ4v) is 2.76. The van der Waals surface area contributed by atoms with Gasteiger partial charge in [-0.05, 0) is 31.9 Å². The number of nitrogen functional groups attached to an aromatic ring is 1. The zero-order chi connectivity index (χ0) is 17.1. The number of anilines is 4. The summed E-state index contributed by atoms with van der Waals surface area (Å²) < 4.78 is 5.51. The molecule has 7 nitrogen and oxygen atoms in total. The van der Waals surface area contributed by atoms with Crippen LogP contribution < -0.4 is 20.7 Å². The largest absolute Gasteiger partial charge is 0.494 e. The SMILES string of the molecule is COc1cc(N2CCC(O)CC2)ccc1Nc1ncc(N)c(C)n1. The third-order valence-electron chi connectivity index (χ3n) is 4.28. The number of piperidine rings is 1. The van der Waals surface area contributed by atoms with Gasteiger partial charge in [0.2, 0.25) is 5.95 Å². The van der Waals surface area contributed by atoms with Crippen LogP contribution in [0.4, 0.5) is 23.0 Å². The van der Waals surface area contributed by atoms with Gasteiger partial charge in [-0.25, -0.2) is 9.97 Å². The van der Waals surface area contributed by atoms with E-state index in [-0.39, 0.29) is 6.10 Å². The van der Waals surface area contributed by atoms with Gasteiger partial charge < -0.3 is 25.8 Å². The molecule has 0 atom stereocenters. The third kappa shape index (κ3) is 3.51. The first kappa shape index (κ1) is 16.3. The molecule has 4 N–H and O–H groups in total. The first-order chi connectivity index (χ1) is 11.6. The van der Waals surface area contributed by atoms with Crippen molar-refractivity contribution in [3.8, 4) is 5.75 Å². The Morgan fingerprint density at radius 2 is 2.08 bits per heavy atom. The fraction of sp³-hybridized carbons (Fsp3) is 0.412. The summed E-state index contributed by atoms with van der Waals surface area (Å²) in [5, 5.41) is 12.8. The molecule has 128 valence electrons. The van der Waals surface area contributed by atoms with Crippen molar-refractivity contribution in [2.45, 2.75) is 25.9 Å². The molecule has 1 saturated heterocycles. The van der Waals surface area contributed by atoms with E-state index in [1.165, 1.54) is 0 Å². The average Bonchev–Trinajstić information content (AvgIpc) is 2.59. The van der Waals surface area contributed by atoms with E-state index >= 15 is 0 Å². The van der Waals surface area contributed by atoms with Crippen LogP contribution in [-0.2, 0) is 0 Å². The molecule has 2 aromatic rings. The zero-order valence-electron chi connectivity index (χ0n) is 14.0. The standard InChI is InChI=1S/C17H23N5O2/c1-11-14(18)10-19-17(20-11)21-15-4-3-12(9-16(15)24-2)22-7-5-13(23)6-8-22/h3-4,9-10,13,23H,5-8,18H2,1-2H3,(H,19,20,21). The molecule has 0 radical (unpaired) electrons. The summed E-state index contributed by atoms with van der Waals surface area (Å²) in [5.74, 6) is 1.20. The summed E-state index contributed by atoms with van der Waals surface area (Å²) in [5.41, 5.74) is 8.92. The Balaban J connectivity index is 1.80. The number of nitrogens with two attached hydrogens (primary N) is 1. The Kier molecular flexibility index (Phi) is 4.71. The van der Waals surface area contributed by atoms with Gasteiger partial charge in [0.25, 0.3) is 0 Å². The number of aryl methyl sites for hydroxylation is 1. The Labute approximate surface area is 141 Å². The molecule has 1 aromatic carbocycles. The van der Waals surface area contributed by atoms with Gasteiger partial charge in [0.1, 0.15) is 5.75 Å². The number of nitrogens with one attached hydrogen (secondary N) is 1. The average molecular weight is 329 g/mol. The van der Waals surface area contributed by atoms with E-state index in [2.05, 4.69) is 20.2 Å². The van der Waals surface area contributed by atoms with Crippen LogP contribution in [0.5, 0.6) is 5.75 Å². The summed E-state index contributed by atoms with van der Waals surface area (Å²) in [6.07, 6.45) is 2.99. The summed E-state index contributed by atoms with van der Waals surface area (Å²) in [6, 6.07) is 5.98. The minimum Gasteiger partial charge on any atom is -0.494 e. The summed E-state index contributed by atoms with van der Waals surface area (Å²) >= 11 is 0. The molecule has 7 heteroatoms. The molecule has 0 unspecified atom stereocenters. The number of aliphatic hydroxyl groups is 1. The van der Waals surface area contributed by atoms with Crippen LogP contribution in [-0.4, -0.2) is 41.4 Å². The maximum absolute atomic E-state index is 9.64. The van der Waals surface area contributed by atoms with Gasteiger partial charge in [-0.2, -0.15) is 0 Å². The second-order valence-electron chi connectivity index (χ2n) is 5.96. The predicted molar refractivity (Wildman–Crippen MR) is 94.9 cm³/mol.